The number of amides is 1. The number of aryl methyl sites for hydroxylation is 1. The van der Waals surface area contributed by atoms with Gasteiger partial charge in [0.2, 0.25) is 0 Å². The summed E-state index contributed by atoms with van der Waals surface area (Å²) in [6.45, 7) is 0.516. The molecule has 0 radical (unpaired) electrons. The molecule has 134 valence electrons. The Morgan fingerprint density at radius 2 is 2.15 bits per heavy atom. The van der Waals surface area contributed by atoms with E-state index in [9.17, 15) is 4.79 Å². The van der Waals surface area contributed by atoms with Crippen LogP contribution in [0.5, 0.6) is 0 Å². The molecule has 0 unspecified atom stereocenters. The first-order valence-corrected chi connectivity index (χ1v) is 9.59. The summed E-state index contributed by atoms with van der Waals surface area (Å²) < 4.78 is 7.77. The Labute approximate surface area is 156 Å². The molecule has 0 N–H and O–H groups in total. The maximum atomic E-state index is 12.9. The van der Waals surface area contributed by atoms with Gasteiger partial charge >= 0.3 is 0 Å². The number of rotatable bonds is 7. The normalized spacial score (nSPS) is 13.7. The molecule has 0 aromatic carbocycles. The van der Waals surface area contributed by atoms with Gasteiger partial charge in [-0.15, -0.1) is 0 Å². The van der Waals surface area contributed by atoms with E-state index in [-0.39, 0.29) is 5.91 Å². The van der Waals surface area contributed by atoms with Crippen molar-refractivity contribution in [2.24, 2.45) is 7.05 Å². The van der Waals surface area contributed by atoms with Gasteiger partial charge in [0.15, 0.2) is 10.9 Å². The Bertz CT molecular complexity index is 886. The minimum atomic E-state index is -0.0635. The molecule has 1 saturated carbocycles. The van der Waals surface area contributed by atoms with Crippen molar-refractivity contribution in [2.75, 3.05) is 0 Å². The molecular formula is C19H20N4O2S. The molecule has 7 heteroatoms. The van der Waals surface area contributed by atoms with Crippen molar-refractivity contribution in [1.82, 2.24) is 19.4 Å². The molecule has 26 heavy (non-hydrogen) atoms. The van der Waals surface area contributed by atoms with Crippen LogP contribution in [0.4, 0.5) is 0 Å². The van der Waals surface area contributed by atoms with Gasteiger partial charge in [-0.3, -0.25) is 9.78 Å². The average molecular weight is 368 g/mol. The maximum absolute atomic E-state index is 12.9. The zero-order valence-electron chi connectivity index (χ0n) is 14.5. The fraction of sp³-hybridized carbons (Fsp3) is 0.316. The molecule has 0 spiro atoms. The SMILES string of the molecule is Cn1ccnc1SCc1ccc(C(=O)N(Cc2ccccn2)C2CC2)o1. The van der Waals surface area contributed by atoms with E-state index in [0.29, 0.717) is 24.1 Å². The van der Waals surface area contributed by atoms with Gasteiger partial charge in [-0.25, -0.2) is 4.98 Å². The minimum absolute atomic E-state index is 0.0635. The van der Waals surface area contributed by atoms with Crippen molar-refractivity contribution in [2.45, 2.75) is 36.3 Å². The van der Waals surface area contributed by atoms with Crippen LogP contribution in [0.3, 0.4) is 0 Å². The van der Waals surface area contributed by atoms with E-state index >= 15 is 0 Å². The third kappa shape index (κ3) is 3.83. The second kappa shape index (κ2) is 7.37. The number of imidazole rings is 1. The van der Waals surface area contributed by atoms with Gasteiger partial charge in [-0.2, -0.15) is 0 Å². The van der Waals surface area contributed by atoms with E-state index in [2.05, 4.69) is 9.97 Å². The van der Waals surface area contributed by atoms with Crippen LogP contribution in [0.25, 0.3) is 0 Å². The number of aromatic nitrogens is 3. The summed E-state index contributed by atoms with van der Waals surface area (Å²) >= 11 is 1.58. The van der Waals surface area contributed by atoms with Gasteiger partial charge in [0.25, 0.3) is 5.91 Å². The summed E-state index contributed by atoms with van der Waals surface area (Å²) in [5.74, 6) is 1.74. The quantitative estimate of drug-likeness (QED) is 0.597. The highest BCUT2D eigenvalue weighted by Gasteiger charge is 2.34. The largest absolute Gasteiger partial charge is 0.455 e. The molecule has 1 fully saturated rings. The molecule has 6 nitrogen and oxygen atoms in total. The Kier molecular flexibility index (Phi) is 4.79. The molecule has 0 bridgehead atoms. The number of hydrogen-bond donors (Lipinski definition) is 0. The van der Waals surface area contributed by atoms with Crippen LogP contribution in [0.15, 0.2) is 58.5 Å². The highest BCUT2D eigenvalue weighted by Crippen LogP contribution is 2.30. The fourth-order valence-electron chi connectivity index (χ4n) is 2.76. The topological polar surface area (TPSA) is 64.2 Å². The van der Waals surface area contributed by atoms with E-state index < -0.39 is 0 Å². The molecule has 1 aliphatic carbocycles. The van der Waals surface area contributed by atoms with Gasteiger partial charge in [0.05, 0.1) is 18.0 Å². The van der Waals surface area contributed by atoms with Gasteiger partial charge < -0.3 is 13.9 Å². The summed E-state index contributed by atoms with van der Waals surface area (Å²) in [4.78, 5) is 23.4. The molecule has 3 heterocycles. The molecule has 1 amide bonds. The third-order valence-electron chi connectivity index (χ3n) is 4.30. The van der Waals surface area contributed by atoms with E-state index in [1.54, 1.807) is 30.2 Å². The lowest BCUT2D eigenvalue weighted by molar-refractivity contribution is 0.0693. The van der Waals surface area contributed by atoms with Crippen molar-refractivity contribution < 1.29 is 9.21 Å². The first-order chi connectivity index (χ1) is 12.7. The first-order valence-electron chi connectivity index (χ1n) is 8.60. The van der Waals surface area contributed by atoms with E-state index in [0.717, 1.165) is 29.5 Å². The van der Waals surface area contributed by atoms with Crippen molar-refractivity contribution in [1.29, 1.82) is 0 Å². The maximum Gasteiger partial charge on any atom is 0.290 e. The molecule has 3 aromatic heterocycles. The lowest BCUT2D eigenvalue weighted by Gasteiger charge is -2.20. The van der Waals surface area contributed by atoms with E-state index in [1.807, 2.05) is 47.0 Å². The van der Waals surface area contributed by atoms with Crippen LogP contribution < -0.4 is 0 Å². The number of pyridine rings is 1. The average Bonchev–Trinajstić information content (AvgIpc) is 3.25. The summed E-state index contributed by atoms with van der Waals surface area (Å²) in [7, 11) is 1.96. The van der Waals surface area contributed by atoms with Crippen molar-refractivity contribution >= 4 is 17.7 Å². The van der Waals surface area contributed by atoms with Gasteiger partial charge in [-0.1, -0.05) is 17.8 Å². The van der Waals surface area contributed by atoms with Crippen LogP contribution in [0.2, 0.25) is 0 Å². The molecule has 0 saturated heterocycles. The second-order valence-corrected chi connectivity index (χ2v) is 7.30. The van der Waals surface area contributed by atoms with Gasteiger partial charge in [-0.05, 0) is 37.1 Å². The van der Waals surface area contributed by atoms with Crippen LogP contribution in [-0.2, 0) is 19.3 Å². The predicted octanol–water partition coefficient (Wildman–Crippen LogP) is 3.51. The molecular weight excluding hydrogens is 348 g/mol. The number of thioether (sulfide) groups is 1. The van der Waals surface area contributed by atoms with E-state index in [1.165, 1.54) is 0 Å². The first kappa shape index (κ1) is 16.9. The molecule has 4 rings (SSSR count). The van der Waals surface area contributed by atoms with Crippen molar-refractivity contribution in [3.05, 3.63) is 66.1 Å². The van der Waals surface area contributed by atoms with Crippen molar-refractivity contribution in [3.63, 3.8) is 0 Å². The van der Waals surface area contributed by atoms with Gasteiger partial charge in [0, 0.05) is 31.7 Å². The standard InChI is InChI=1S/C19H20N4O2S/c1-22-11-10-21-19(22)26-13-16-7-8-17(25-16)18(24)23(15-5-6-15)12-14-4-2-3-9-20-14/h2-4,7-11,15H,5-6,12-13H2,1H3. The highest BCUT2D eigenvalue weighted by atomic mass is 32.2. The Morgan fingerprint density at radius 3 is 2.85 bits per heavy atom. The summed E-state index contributed by atoms with van der Waals surface area (Å²) in [6.07, 6.45) is 7.52. The van der Waals surface area contributed by atoms with Gasteiger partial charge in [0.1, 0.15) is 5.76 Å². The third-order valence-corrected chi connectivity index (χ3v) is 5.38. The number of carbonyl (C=O) groups excluding carboxylic acids is 1. The Morgan fingerprint density at radius 1 is 1.27 bits per heavy atom. The number of nitrogens with zero attached hydrogens (tertiary/aromatic N) is 4. The Balaban J connectivity index is 1.43. The van der Waals surface area contributed by atoms with Crippen LogP contribution in [0, 0.1) is 0 Å². The van der Waals surface area contributed by atoms with Crippen LogP contribution >= 0.6 is 11.8 Å². The van der Waals surface area contributed by atoms with Crippen LogP contribution in [-0.4, -0.2) is 31.4 Å². The predicted molar refractivity (Wildman–Crippen MR) is 98.6 cm³/mol. The zero-order chi connectivity index (χ0) is 17.9. The number of hydrogen-bond acceptors (Lipinski definition) is 5. The summed E-state index contributed by atoms with van der Waals surface area (Å²) in [6, 6.07) is 9.70. The minimum Gasteiger partial charge on any atom is -0.455 e. The lowest BCUT2D eigenvalue weighted by atomic mass is 10.3. The zero-order valence-corrected chi connectivity index (χ0v) is 15.4. The summed E-state index contributed by atoms with van der Waals surface area (Å²) in [5, 5.41) is 0.920. The molecule has 1 aliphatic rings. The monoisotopic (exact) mass is 368 g/mol. The molecule has 0 atom stereocenters. The second-order valence-electron chi connectivity index (χ2n) is 6.36. The molecule has 3 aromatic rings. The highest BCUT2D eigenvalue weighted by molar-refractivity contribution is 7.98. The lowest BCUT2D eigenvalue weighted by Crippen LogP contribution is -2.32. The smallest absolute Gasteiger partial charge is 0.290 e. The fourth-order valence-corrected chi connectivity index (χ4v) is 3.58. The Hall–Kier alpha value is -2.54. The number of carbonyl (C=O) groups is 1. The summed E-state index contributed by atoms with van der Waals surface area (Å²) in [5.41, 5.74) is 0.893. The van der Waals surface area contributed by atoms with Crippen molar-refractivity contribution in [3.8, 4) is 0 Å². The molecule has 0 aliphatic heterocycles. The van der Waals surface area contributed by atoms with E-state index in [4.69, 9.17) is 4.42 Å². The number of furan rings is 1. The van der Waals surface area contributed by atoms with Crippen LogP contribution in [0.1, 0.15) is 34.9 Å².